The Morgan fingerprint density at radius 3 is 2.61 bits per heavy atom. The second-order valence-corrected chi connectivity index (χ2v) is 5.43. The molecule has 1 aromatic rings. The van der Waals surface area contributed by atoms with Gasteiger partial charge in [-0.25, -0.2) is 0 Å². The Morgan fingerprint density at radius 1 is 1.28 bits per heavy atom. The minimum atomic E-state index is -0.429. The maximum atomic E-state index is 12.2. The second kappa shape index (κ2) is 6.23. The molecule has 0 saturated carbocycles. The van der Waals surface area contributed by atoms with Gasteiger partial charge in [0.15, 0.2) is 6.10 Å². The van der Waals surface area contributed by atoms with Gasteiger partial charge in [0.2, 0.25) is 0 Å². The molecule has 1 aliphatic heterocycles. The van der Waals surface area contributed by atoms with E-state index in [0.717, 1.165) is 36.2 Å². The van der Waals surface area contributed by atoms with E-state index in [4.69, 9.17) is 4.74 Å². The van der Waals surface area contributed by atoms with Crippen molar-refractivity contribution in [3.05, 3.63) is 28.7 Å². The van der Waals surface area contributed by atoms with E-state index in [1.807, 2.05) is 36.1 Å². The summed E-state index contributed by atoms with van der Waals surface area (Å²) in [6, 6.07) is 7.60. The molecule has 1 saturated heterocycles. The molecule has 0 radical (unpaired) electrons. The van der Waals surface area contributed by atoms with Gasteiger partial charge in [0, 0.05) is 13.1 Å². The summed E-state index contributed by atoms with van der Waals surface area (Å²) in [5.74, 6) is 0.806. The monoisotopic (exact) mass is 311 g/mol. The van der Waals surface area contributed by atoms with Crippen LogP contribution in [0.15, 0.2) is 28.7 Å². The van der Waals surface area contributed by atoms with Crippen LogP contribution in [0.5, 0.6) is 5.75 Å². The van der Waals surface area contributed by atoms with E-state index in [1.165, 1.54) is 6.42 Å². The zero-order valence-electron chi connectivity index (χ0n) is 10.6. The van der Waals surface area contributed by atoms with Crippen LogP contribution in [0.3, 0.4) is 0 Å². The van der Waals surface area contributed by atoms with Crippen molar-refractivity contribution in [1.29, 1.82) is 0 Å². The van der Waals surface area contributed by atoms with Crippen molar-refractivity contribution in [3.63, 3.8) is 0 Å². The van der Waals surface area contributed by atoms with Gasteiger partial charge in [0.1, 0.15) is 5.75 Å². The van der Waals surface area contributed by atoms with Crippen LogP contribution in [0, 0.1) is 0 Å². The number of piperidine rings is 1. The molecule has 1 atom stereocenters. The molecule has 3 nitrogen and oxygen atoms in total. The molecule has 2 rings (SSSR count). The van der Waals surface area contributed by atoms with Crippen molar-refractivity contribution in [1.82, 2.24) is 4.90 Å². The highest BCUT2D eigenvalue weighted by molar-refractivity contribution is 9.10. The smallest absolute Gasteiger partial charge is 0.263 e. The van der Waals surface area contributed by atoms with Crippen LogP contribution < -0.4 is 4.74 Å². The average molecular weight is 312 g/mol. The van der Waals surface area contributed by atoms with Crippen LogP contribution >= 0.6 is 15.9 Å². The first-order valence-corrected chi connectivity index (χ1v) is 7.18. The normalized spacial score (nSPS) is 17.3. The number of para-hydroxylation sites is 1. The third kappa shape index (κ3) is 3.25. The van der Waals surface area contributed by atoms with Gasteiger partial charge < -0.3 is 9.64 Å². The van der Waals surface area contributed by atoms with Gasteiger partial charge in [0.25, 0.3) is 5.91 Å². The van der Waals surface area contributed by atoms with Crippen LogP contribution in [-0.4, -0.2) is 30.0 Å². The number of hydrogen-bond donors (Lipinski definition) is 0. The number of likely N-dealkylation sites (tertiary alicyclic amines) is 1. The molecule has 0 N–H and O–H groups in total. The molecular weight excluding hydrogens is 294 g/mol. The molecule has 0 aliphatic carbocycles. The van der Waals surface area contributed by atoms with Gasteiger partial charge in [0.05, 0.1) is 4.47 Å². The molecule has 1 amide bonds. The highest BCUT2D eigenvalue weighted by Crippen LogP contribution is 2.25. The first-order valence-electron chi connectivity index (χ1n) is 6.38. The van der Waals surface area contributed by atoms with Crippen molar-refractivity contribution < 1.29 is 9.53 Å². The molecule has 1 fully saturated rings. The maximum absolute atomic E-state index is 12.2. The minimum Gasteiger partial charge on any atom is -0.480 e. The molecule has 1 aromatic carbocycles. The summed E-state index contributed by atoms with van der Waals surface area (Å²) in [4.78, 5) is 14.1. The largest absolute Gasteiger partial charge is 0.480 e. The molecule has 4 heteroatoms. The maximum Gasteiger partial charge on any atom is 0.263 e. The number of ether oxygens (including phenoxy) is 1. The summed E-state index contributed by atoms with van der Waals surface area (Å²) in [6.45, 7) is 3.54. The Hall–Kier alpha value is -1.03. The highest BCUT2D eigenvalue weighted by atomic mass is 79.9. The van der Waals surface area contributed by atoms with Crippen molar-refractivity contribution in [2.75, 3.05) is 13.1 Å². The lowest BCUT2D eigenvalue weighted by Crippen LogP contribution is -2.43. The molecule has 0 unspecified atom stereocenters. The average Bonchev–Trinajstić information content (AvgIpc) is 2.41. The van der Waals surface area contributed by atoms with Gasteiger partial charge in [-0.15, -0.1) is 0 Å². The van der Waals surface area contributed by atoms with E-state index >= 15 is 0 Å². The van der Waals surface area contributed by atoms with Crippen LogP contribution in [0.1, 0.15) is 26.2 Å². The molecular formula is C14H18BrNO2. The van der Waals surface area contributed by atoms with Gasteiger partial charge in [-0.05, 0) is 54.2 Å². The van der Waals surface area contributed by atoms with Gasteiger partial charge >= 0.3 is 0 Å². The van der Waals surface area contributed by atoms with Gasteiger partial charge in [-0.1, -0.05) is 12.1 Å². The minimum absolute atomic E-state index is 0.0884. The van der Waals surface area contributed by atoms with Crippen molar-refractivity contribution in [2.45, 2.75) is 32.3 Å². The van der Waals surface area contributed by atoms with Gasteiger partial charge in [-0.2, -0.15) is 0 Å². The molecule has 0 aromatic heterocycles. The van der Waals surface area contributed by atoms with E-state index in [2.05, 4.69) is 15.9 Å². The van der Waals surface area contributed by atoms with E-state index in [9.17, 15) is 4.79 Å². The summed E-state index contributed by atoms with van der Waals surface area (Å²) in [5.41, 5.74) is 0. The number of carbonyl (C=O) groups excluding carboxylic acids is 1. The van der Waals surface area contributed by atoms with Crippen molar-refractivity contribution in [3.8, 4) is 5.75 Å². The fourth-order valence-electron chi connectivity index (χ4n) is 2.15. The lowest BCUT2D eigenvalue weighted by atomic mass is 10.1. The Balaban J connectivity index is 1.96. The summed E-state index contributed by atoms with van der Waals surface area (Å²) in [5, 5.41) is 0. The summed E-state index contributed by atoms with van der Waals surface area (Å²) >= 11 is 3.42. The molecule has 1 heterocycles. The van der Waals surface area contributed by atoms with E-state index in [1.54, 1.807) is 0 Å². The number of rotatable bonds is 3. The summed E-state index contributed by atoms with van der Waals surface area (Å²) in [7, 11) is 0. The van der Waals surface area contributed by atoms with Crippen molar-refractivity contribution in [2.24, 2.45) is 0 Å². The Kier molecular flexibility index (Phi) is 4.64. The first-order chi connectivity index (χ1) is 8.68. The third-order valence-electron chi connectivity index (χ3n) is 3.16. The molecule has 98 valence electrons. The van der Waals surface area contributed by atoms with Crippen LogP contribution in [0.4, 0.5) is 0 Å². The molecule has 0 bridgehead atoms. The molecule has 0 spiro atoms. The van der Waals surface area contributed by atoms with Crippen molar-refractivity contribution >= 4 is 21.8 Å². The number of nitrogens with zero attached hydrogens (tertiary/aromatic N) is 1. The van der Waals surface area contributed by atoms with Crippen LogP contribution in [-0.2, 0) is 4.79 Å². The number of hydrogen-bond acceptors (Lipinski definition) is 2. The third-order valence-corrected chi connectivity index (χ3v) is 3.81. The van der Waals surface area contributed by atoms with E-state index in [0.29, 0.717) is 0 Å². The lowest BCUT2D eigenvalue weighted by Gasteiger charge is -2.29. The fourth-order valence-corrected chi connectivity index (χ4v) is 2.53. The number of halogens is 1. The van der Waals surface area contributed by atoms with Crippen LogP contribution in [0.25, 0.3) is 0 Å². The highest BCUT2D eigenvalue weighted by Gasteiger charge is 2.23. The Labute approximate surface area is 116 Å². The summed E-state index contributed by atoms with van der Waals surface area (Å²) in [6.07, 6.45) is 3.01. The predicted octanol–water partition coefficient (Wildman–Crippen LogP) is 3.23. The topological polar surface area (TPSA) is 29.5 Å². The zero-order chi connectivity index (χ0) is 13.0. The number of amides is 1. The van der Waals surface area contributed by atoms with Crippen LogP contribution in [0.2, 0.25) is 0 Å². The molecule has 18 heavy (non-hydrogen) atoms. The predicted molar refractivity (Wildman–Crippen MR) is 74.7 cm³/mol. The number of carbonyl (C=O) groups is 1. The second-order valence-electron chi connectivity index (χ2n) is 4.58. The SMILES string of the molecule is C[C@@H](Oc1ccccc1Br)C(=O)N1CCCCC1. The quantitative estimate of drug-likeness (QED) is 0.857. The summed E-state index contributed by atoms with van der Waals surface area (Å²) < 4.78 is 6.60. The molecule has 1 aliphatic rings. The standard InChI is InChI=1S/C14H18BrNO2/c1-11(14(17)16-9-5-2-6-10-16)18-13-8-4-3-7-12(13)15/h3-4,7-8,11H,2,5-6,9-10H2,1H3/t11-/m1/s1. The van der Waals surface area contributed by atoms with Gasteiger partial charge in [-0.3, -0.25) is 4.79 Å². The lowest BCUT2D eigenvalue weighted by molar-refractivity contribution is -0.138. The van der Waals surface area contributed by atoms with E-state index in [-0.39, 0.29) is 5.91 Å². The Bertz CT molecular complexity index is 416. The number of benzene rings is 1. The zero-order valence-corrected chi connectivity index (χ0v) is 12.1. The Morgan fingerprint density at radius 2 is 1.94 bits per heavy atom. The fraction of sp³-hybridized carbons (Fsp3) is 0.500. The first kappa shape index (κ1) is 13.4. The van der Waals surface area contributed by atoms with E-state index < -0.39 is 6.10 Å².